The zero-order valence-corrected chi connectivity index (χ0v) is 17.8. The largest absolute Gasteiger partial charge is 0.517 e. The molecule has 1 saturated heterocycles. The van der Waals surface area contributed by atoms with Crippen molar-refractivity contribution in [3.63, 3.8) is 0 Å². The molecule has 1 aliphatic heterocycles. The van der Waals surface area contributed by atoms with E-state index in [0.717, 1.165) is 18.9 Å². The fourth-order valence-electron chi connectivity index (χ4n) is 3.26. The van der Waals surface area contributed by atoms with Gasteiger partial charge >= 0.3 is 21.6 Å². The normalized spacial score (nSPS) is 18.7. The van der Waals surface area contributed by atoms with Gasteiger partial charge in [-0.05, 0) is 31.4 Å². The van der Waals surface area contributed by atoms with Crippen molar-refractivity contribution in [2.75, 3.05) is 17.5 Å². The van der Waals surface area contributed by atoms with Gasteiger partial charge in [-0.3, -0.25) is 4.79 Å². The number of amides is 2. The Labute approximate surface area is 178 Å². The van der Waals surface area contributed by atoms with Gasteiger partial charge in [-0.25, -0.2) is 4.79 Å². The number of sulfonamides is 1. The molecule has 1 atom stereocenters. The van der Waals surface area contributed by atoms with Crippen LogP contribution < -0.4 is 4.31 Å². The number of halogens is 3. The van der Waals surface area contributed by atoms with Crippen LogP contribution in [-0.2, 0) is 26.1 Å². The third-order valence-electron chi connectivity index (χ3n) is 4.79. The molecule has 31 heavy (non-hydrogen) atoms. The van der Waals surface area contributed by atoms with Gasteiger partial charge in [-0.2, -0.15) is 25.9 Å². The minimum atomic E-state index is -6.11. The van der Waals surface area contributed by atoms with Gasteiger partial charge in [-0.15, -0.1) is 0 Å². The number of hydrogen-bond acceptors (Lipinski definition) is 6. The van der Waals surface area contributed by atoms with Gasteiger partial charge in [0.25, 0.3) is 5.91 Å². The molecule has 0 aliphatic carbocycles. The molecule has 0 bridgehead atoms. The summed E-state index contributed by atoms with van der Waals surface area (Å²) in [5.74, 6) is -0.599. The zero-order valence-electron chi connectivity index (χ0n) is 17.0. The minimum absolute atomic E-state index is 0.0109. The van der Waals surface area contributed by atoms with Crippen molar-refractivity contribution in [2.45, 2.75) is 57.2 Å². The SMILES string of the molecule is CCOC(=O)N(c1ccccc1CN1CCCCCCC(O)C1=O)S(=O)(=O)C(F)(F)F. The number of aliphatic hydroxyl groups is 1. The summed E-state index contributed by atoms with van der Waals surface area (Å²) in [6, 6.07) is 5.07. The van der Waals surface area contributed by atoms with Crippen LogP contribution in [0, 0.1) is 0 Å². The van der Waals surface area contributed by atoms with E-state index >= 15 is 0 Å². The van der Waals surface area contributed by atoms with E-state index in [-0.39, 0.29) is 31.7 Å². The molecule has 0 aromatic heterocycles. The third-order valence-corrected chi connectivity index (χ3v) is 6.20. The summed E-state index contributed by atoms with van der Waals surface area (Å²) in [5.41, 5.74) is -6.33. The minimum Gasteiger partial charge on any atom is -0.449 e. The molecule has 174 valence electrons. The average Bonchev–Trinajstić information content (AvgIpc) is 2.75. The summed E-state index contributed by atoms with van der Waals surface area (Å²) >= 11 is 0. The first-order chi connectivity index (χ1) is 14.5. The third kappa shape index (κ3) is 5.88. The molecule has 1 heterocycles. The highest BCUT2D eigenvalue weighted by Crippen LogP contribution is 2.34. The number of para-hydroxylation sites is 1. The molecule has 1 aliphatic rings. The molecule has 0 spiro atoms. The summed E-state index contributed by atoms with van der Waals surface area (Å²) in [4.78, 5) is 26.1. The molecule has 12 heteroatoms. The highest BCUT2D eigenvalue weighted by atomic mass is 32.2. The number of carbonyl (C=O) groups excluding carboxylic acids is 2. The number of alkyl halides is 3. The van der Waals surface area contributed by atoms with E-state index in [4.69, 9.17) is 0 Å². The first kappa shape index (κ1) is 24.9. The molecule has 1 aromatic rings. The molecule has 1 unspecified atom stereocenters. The van der Waals surface area contributed by atoms with Crippen LogP contribution in [0.25, 0.3) is 0 Å². The molecule has 2 amide bonds. The predicted molar refractivity (Wildman–Crippen MR) is 105 cm³/mol. The molecule has 0 saturated carbocycles. The second kappa shape index (κ2) is 10.3. The van der Waals surface area contributed by atoms with Crippen LogP contribution in [0.3, 0.4) is 0 Å². The molecule has 0 radical (unpaired) electrons. The van der Waals surface area contributed by atoms with Crippen molar-refractivity contribution in [1.82, 2.24) is 4.90 Å². The van der Waals surface area contributed by atoms with Gasteiger partial charge in [0.05, 0.1) is 12.3 Å². The predicted octanol–water partition coefficient (Wildman–Crippen LogP) is 3.15. The van der Waals surface area contributed by atoms with E-state index in [1.165, 1.54) is 30.0 Å². The monoisotopic (exact) mass is 466 g/mol. The maximum atomic E-state index is 13.3. The lowest BCUT2D eigenvalue weighted by Gasteiger charge is -2.28. The van der Waals surface area contributed by atoms with Crippen LogP contribution in [0.15, 0.2) is 24.3 Å². The Morgan fingerprint density at radius 3 is 2.52 bits per heavy atom. The Hall–Kier alpha value is -2.34. The van der Waals surface area contributed by atoms with E-state index in [1.54, 1.807) is 0 Å². The summed E-state index contributed by atoms with van der Waals surface area (Å²) in [6.45, 7) is 0.929. The van der Waals surface area contributed by atoms with E-state index in [2.05, 4.69) is 4.74 Å². The van der Waals surface area contributed by atoms with Gasteiger partial charge in [0.1, 0.15) is 6.10 Å². The Balaban J connectivity index is 2.49. The number of nitrogens with zero attached hydrogens (tertiary/aromatic N) is 2. The van der Waals surface area contributed by atoms with Crippen LogP contribution in [0.1, 0.15) is 44.6 Å². The number of benzene rings is 1. The van der Waals surface area contributed by atoms with Crippen LogP contribution in [0.2, 0.25) is 0 Å². The van der Waals surface area contributed by atoms with Crippen molar-refractivity contribution < 1.29 is 41.0 Å². The van der Waals surface area contributed by atoms with E-state index in [9.17, 15) is 36.3 Å². The summed E-state index contributed by atoms with van der Waals surface area (Å²) in [7, 11) is -6.11. The second-order valence-corrected chi connectivity index (χ2v) is 8.80. The highest BCUT2D eigenvalue weighted by molar-refractivity contribution is 7.94. The topological polar surface area (TPSA) is 104 Å². The van der Waals surface area contributed by atoms with Gasteiger partial charge in [0.2, 0.25) is 0 Å². The summed E-state index contributed by atoms with van der Waals surface area (Å²) in [5, 5.41) is 10.1. The van der Waals surface area contributed by atoms with Crippen LogP contribution >= 0.6 is 0 Å². The first-order valence-electron chi connectivity index (χ1n) is 9.83. The van der Waals surface area contributed by atoms with Crippen molar-refractivity contribution >= 4 is 27.7 Å². The maximum absolute atomic E-state index is 13.3. The van der Waals surface area contributed by atoms with Crippen LogP contribution in [0.5, 0.6) is 0 Å². The van der Waals surface area contributed by atoms with Crippen molar-refractivity contribution in [2.24, 2.45) is 0 Å². The Kier molecular flexibility index (Phi) is 8.29. The van der Waals surface area contributed by atoms with Gasteiger partial charge in [0.15, 0.2) is 0 Å². The molecule has 1 N–H and O–H groups in total. The highest BCUT2D eigenvalue weighted by Gasteiger charge is 2.53. The number of hydrogen-bond donors (Lipinski definition) is 1. The van der Waals surface area contributed by atoms with Crippen molar-refractivity contribution in [3.8, 4) is 0 Å². The maximum Gasteiger partial charge on any atom is 0.517 e. The fraction of sp³-hybridized carbons (Fsp3) is 0.579. The molecule has 2 rings (SSSR count). The van der Waals surface area contributed by atoms with Crippen LogP contribution in [0.4, 0.5) is 23.7 Å². The molecular weight excluding hydrogens is 441 g/mol. The lowest BCUT2D eigenvalue weighted by Crippen LogP contribution is -2.46. The quantitative estimate of drug-likeness (QED) is 0.715. The van der Waals surface area contributed by atoms with Crippen molar-refractivity contribution in [3.05, 3.63) is 29.8 Å². The standard InChI is InChI=1S/C19H25F3N2O6S/c1-2-30-18(27)24(31(28,29)19(20,21)22)15-10-7-6-9-14(15)13-23-12-8-4-3-5-11-16(25)17(23)26/h6-7,9-10,16,25H,2-5,8,11-13H2,1H3. The Morgan fingerprint density at radius 1 is 1.23 bits per heavy atom. The summed E-state index contributed by atoms with van der Waals surface area (Å²) < 4.78 is 68.3. The fourth-order valence-corrected chi connectivity index (χ4v) is 4.15. The number of ether oxygens (including phenoxy) is 1. The number of anilines is 1. The zero-order chi connectivity index (χ0) is 23.2. The molecule has 1 aromatic carbocycles. The average molecular weight is 466 g/mol. The number of rotatable bonds is 5. The van der Waals surface area contributed by atoms with Gasteiger partial charge < -0.3 is 14.7 Å². The van der Waals surface area contributed by atoms with Gasteiger partial charge in [0, 0.05) is 13.1 Å². The van der Waals surface area contributed by atoms with Gasteiger partial charge in [-0.1, -0.05) is 37.5 Å². The van der Waals surface area contributed by atoms with Crippen LogP contribution in [-0.4, -0.2) is 55.2 Å². The lowest BCUT2D eigenvalue weighted by atomic mass is 10.1. The number of carbonyl (C=O) groups is 2. The smallest absolute Gasteiger partial charge is 0.449 e. The van der Waals surface area contributed by atoms with E-state index in [1.807, 2.05) is 0 Å². The number of aliphatic hydroxyl groups excluding tert-OH is 1. The lowest BCUT2D eigenvalue weighted by molar-refractivity contribution is -0.141. The van der Waals surface area contributed by atoms with E-state index in [0.29, 0.717) is 12.8 Å². The Morgan fingerprint density at radius 2 is 1.87 bits per heavy atom. The summed E-state index contributed by atoms with van der Waals surface area (Å²) in [6.07, 6.45) is 0.202. The molecule has 1 fully saturated rings. The first-order valence-corrected chi connectivity index (χ1v) is 11.3. The van der Waals surface area contributed by atoms with Crippen molar-refractivity contribution in [1.29, 1.82) is 0 Å². The second-order valence-electron chi connectivity index (χ2n) is 7.02. The molecule has 8 nitrogen and oxygen atoms in total. The molecular formula is C19H25F3N2O6S. The Bertz CT molecular complexity index is 891. The van der Waals surface area contributed by atoms with E-state index < -0.39 is 43.6 Å².